The van der Waals surface area contributed by atoms with Crippen molar-refractivity contribution in [2.45, 2.75) is 40.2 Å². The third-order valence-electron chi connectivity index (χ3n) is 6.67. The molecule has 8 heteroatoms. The number of halogens is 1. The number of ether oxygens (including phenoxy) is 2. The summed E-state index contributed by atoms with van der Waals surface area (Å²) in [7, 11) is 1.56. The first-order chi connectivity index (χ1) is 17.7. The van der Waals surface area contributed by atoms with Gasteiger partial charge in [0.25, 0.3) is 11.7 Å². The quantitative estimate of drug-likeness (QED) is 0.221. The molecule has 3 rings (SSSR count). The zero-order valence-corrected chi connectivity index (χ0v) is 23.0. The number of Topliss-reactive ketones (excluding diaryl/α,β-unsaturated/α-hetero) is 1. The van der Waals surface area contributed by atoms with Gasteiger partial charge in [-0.1, -0.05) is 45.4 Å². The molecule has 0 radical (unpaired) electrons. The normalized spacial score (nSPS) is 17.2. The zero-order chi connectivity index (χ0) is 27.1. The van der Waals surface area contributed by atoms with Gasteiger partial charge in [0, 0.05) is 23.7 Å². The van der Waals surface area contributed by atoms with Gasteiger partial charge in [0.05, 0.1) is 25.3 Å². The molecule has 37 heavy (non-hydrogen) atoms. The second kappa shape index (κ2) is 13.0. The Kier molecular flexibility index (Phi) is 10.0. The van der Waals surface area contributed by atoms with Crippen LogP contribution in [0, 0.1) is 5.92 Å². The minimum atomic E-state index is -0.773. The average Bonchev–Trinajstić information content (AvgIpc) is 3.14. The molecule has 7 nitrogen and oxygen atoms in total. The molecule has 1 N–H and O–H groups in total. The van der Waals surface area contributed by atoms with Gasteiger partial charge >= 0.3 is 0 Å². The van der Waals surface area contributed by atoms with E-state index in [1.807, 2.05) is 6.07 Å². The van der Waals surface area contributed by atoms with Gasteiger partial charge in [-0.15, -0.1) is 0 Å². The van der Waals surface area contributed by atoms with Crippen LogP contribution in [-0.2, 0) is 9.59 Å². The number of likely N-dealkylation sites (N-methyl/N-ethyl adjacent to an activating group) is 1. The van der Waals surface area contributed by atoms with Crippen molar-refractivity contribution in [3.05, 3.63) is 64.2 Å². The number of carbonyl (C=O) groups is 2. The summed E-state index contributed by atoms with van der Waals surface area (Å²) in [4.78, 5) is 30.2. The van der Waals surface area contributed by atoms with Crippen LogP contribution in [-0.4, -0.2) is 66.5 Å². The highest BCUT2D eigenvalue weighted by molar-refractivity contribution is 6.46. The molecule has 1 fully saturated rings. The maximum absolute atomic E-state index is 13.3. The van der Waals surface area contributed by atoms with E-state index in [2.05, 4.69) is 32.6 Å². The van der Waals surface area contributed by atoms with E-state index >= 15 is 0 Å². The lowest BCUT2D eigenvalue weighted by molar-refractivity contribution is -0.140. The summed E-state index contributed by atoms with van der Waals surface area (Å²) in [6.07, 6.45) is 0.900. The summed E-state index contributed by atoms with van der Waals surface area (Å²) >= 11 is 6.02. The van der Waals surface area contributed by atoms with Crippen molar-refractivity contribution in [3.8, 4) is 11.5 Å². The Morgan fingerprint density at radius 3 is 2.35 bits per heavy atom. The highest BCUT2D eigenvalue weighted by Crippen LogP contribution is 2.42. The molecular formula is C29H37ClN2O5. The van der Waals surface area contributed by atoms with Crippen molar-refractivity contribution < 1.29 is 24.2 Å². The maximum atomic E-state index is 13.3. The van der Waals surface area contributed by atoms with E-state index in [0.717, 1.165) is 19.5 Å². The first kappa shape index (κ1) is 28.5. The Morgan fingerprint density at radius 2 is 1.76 bits per heavy atom. The molecule has 1 atom stereocenters. The largest absolute Gasteiger partial charge is 0.507 e. The average molecular weight is 529 g/mol. The predicted molar refractivity (Wildman–Crippen MR) is 146 cm³/mol. The predicted octanol–water partition coefficient (Wildman–Crippen LogP) is 5.54. The van der Waals surface area contributed by atoms with Gasteiger partial charge in [0.2, 0.25) is 0 Å². The number of likely N-dealkylation sites (tertiary alicyclic amines) is 1. The summed E-state index contributed by atoms with van der Waals surface area (Å²) in [5.74, 6) is 0.00848. The molecule has 1 aliphatic rings. The lowest BCUT2D eigenvalue weighted by atomic mass is 9.95. The van der Waals surface area contributed by atoms with Gasteiger partial charge in [-0.3, -0.25) is 9.59 Å². The van der Waals surface area contributed by atoms with Crippen LogP contribution >= 0.6 is 11.6 Å². The molecule has 0 bridgehead atoms. The van der Waals surface area contributed by atoms with Crippen molar-refractivity contribution in [2.75, 3.05) is 39.9 Å². The number of aliphatic hydroxyl groups is 1. The molecule has 2 aromatic rings. The third-order valence-corrected chi connectivity index (χ3v) is 6.92. The van der Waals surface area contributed by atoms with E-state index in [1.54, 1.807) is 43.5 Å². The first-order valence-electron chi connectivity index (χ1n) is 12.8. The smallest absolute Gasteiger partial charge is 0.295 e. The molecule has 0 aromatic heterocycles. The molecule has 1 saturated heterocycles. The Hall–Kier alpha value is -3.03. The third kappa shape index (κ3) is 6.65. The number of ketones is 1. The highest BCUT2D eigenvalue weighted by atomic mass is 35.5. The molecular weight excluding hydrogens is 492 g/mol. The van der Waals surface area contributed by atoms with Crippen LogP contribution < -0.4 is 9.47 Å². The van der Waals surface area contributed by atoms with Crippen LogP contribution in [0.4, 0.5) is 0 Å². The van der Waals surface area contributed by atoms with Crippen LogP contribution in [0.5, 0.6) is 11.5 Å². The molecule has 200 valence electrons. The molecule has 1 aliphatic heterocycles. The van der Waals surface area contributed by atoms with Gasteiger partial charge in [0.1, 0.15) is 5.76 Å². The molecule has 0 spiro atoms. The van der Waals surface area contributed by atoms with E-state index in [0.29, 0.717) is 53.3 Å². The molecule has 0 saturated carbocycles. The fourth-order valence-electron chi connectivity index (χ4n) is 4.39. The van der Waals surface area contributed by atoms with Gasteiger partial charge in [0.15, 0.2) is 11.5 Å². The minimum Gasteiger partial charge on any atom is -0.507 e. The number of hydrogen-bond acceptors (Lipinski definition) is 6. The van der Waals surface area contributed by atoms with Crippen LogP contribution in [0.1, 0.15) is 51.3 Å². The van der Waals surface area contributed by atoms with Crippen LogP contribution in [0.2, 0.25) is 5.02 Å². The van der Waals surface area contributed by atoms with Gasteiger partial charge in [-0.05, 0) is 67.4 Å². The molecule has 2 aromatic carbocycles. The monoisotopic (exact) mass is 528 g/mol. The van der Waals surface area contributed by atoms with Crippen molar-refractivity contribution in [1.29, 1.82) is 0 Å². The van der Waals surface area contributed by atoms with Crippen LogP contribution in [0.15, 0.2) is 48.0 Å². The Bertz CT molecular complexity index is 1130. The summed E-state index contributed by atoms with van der Waals surface area (Å²) in [5, 5.41) is 11.7. The Morgan fingerprint density at radius 1 is 1.08 bits per heavy atom. The fraction of sp³-hybridized carbons (Fsp3) is 0.448. The zero-order valence-electron chi connectivity index (χ0n) is 22.3. The Labute approximate surface area is 224 Å². The van der Waals surface area contributed by atoms with Gasteiger partial charge in [-0.2, -0.15) is 0 Å². The van der Waals surface area contributed by atoms with Crippen molar-refractivity contribution >= 4 is 29.1 Å². The minimum absolute atomic E-state index is 0.0439. The van der Waals surface area contributed by atoms with E-state index in [-0.39, 0.29) is 11.3 Å². The number of amides is 1. The van der Waals surface area contributed by atoms with E-state index in [4.69, 9.17) is 21.1 Å². The summed E-state index contributed by atoms with van der Waals surface area (Å²) in [6.45, 7) is 11.5. The number of rotatable bonds is 12. The lowest BCUT2D eigenvalue weighted by Gasteiger charge is -2.28. The van der Waals surface area contributed by atoms with Gasteiger partial charge < -0.3 is 24.4 Å². The highest BCUT2D eigenvalue weighted by Gasteiger charge is 2.46. The topological polar surface area (TPSA) is 79.3 Å². The van der Waals surface area contributed by atoms with Crippen molar-refractivity contribution in [3.63, 3.8) is 0 Å². The summed E-state index contributed by atoms with van der Waals surface area (Å²) in [6, 6.07) is 11.1. The number of hydrogen-bond donors (Lipinski definition) is 1. The second-order valence-electron chi connectivity index (χ2n) is 9.47. The summed E-state index contributed by atoms with van der Waals surface area (Å²) < 4.78 is 11.5. The lowest BCUT2D eigenvalue weighted by Crippen LogP contribution is -2.38. The van der Waals surface area contributed by atoms with E-state index in [9.17, 15) is 14.7 Å². The summed E-state index contributed by atoms with van der Waals surface area (Å²) in [5.41, 5.74) is 1.11. The van der Waals surface area contributed by atoms with Crippen LogP contribution in [0.25, 0.3) is 5.76 Å². The number of nitrogens with zero attached hydrogens (tertiary/aromatic N) is 2. The SMILES string of the molecule is CCN(CC)CCN1C(=O)C(=O)/C(=C(/O)c2ccc(Cl)cc2)C1c1ccc(OCCC(C)C)c(OC)c1. The molecule has 1 heterocycles. The van der Waals surface area contributed by atoms with Gasteiger partial charge in [-0.25, -0.2) is 0 Å². The maximum Gasteiger partial charge on any atom is 0.295 e. The Balaban J connectivity index is 2.07. The van der Waals surface area contributed by atoms with E-state index < -0.39 is 17.7 Å². The standard InChI is InChI=1S/C29H37ClN2O5/c1-6-31(7-2)15-16-32-26(21-10-13-23(24(18-21)36-5)37-17-14-19(3)4)25(28(34)29(32)35)27(33)20-8-11-22(30)12-9-20/h8-13,18-19,26,33H,6-7,14-17H2,1-5H3/b27-25+. The molecule has 1 amide bonds. The molecule has 0 aliphatic carbocycles. The fourth-order valence-corrected chi connectivity index (χ4v) is 4.51. The number of carbonyl (C=O) groups excluding carboxylic acids is 2. The van der Waals surface area contributed by atoms with Crippen LogP contribution in [0.3, 0.4) is 0 Å². The van der Waals surface area contributed by atoms with Crippen molar-refractivity contribution in [2.24, 2.45) is 5.92 Å². The van der Waals surface area contributed by atoms with Crippen molar-refractivity contribution in [1.82, 2.24) is 9.80 Å². The second-order valence-corrected chi connectivity index (χ2v) is 9.90. The number of methoxy groups -OCH3 is 1. The number of benzene rings is 2. The molecule has 1 unspecified atom stereocenters. The first-order valence-corrected chi connectivity index (χ1v) is 13.2. The van der Waals surface area contributed by atoms with E-state index in [1.165, 1.54) is 4.90 Å². The number of aliphatic hydroxyl groups excluding tert-OH is 1.